The van der Waals surface area contributed by atoms with Gasteiger partial charge in [-0.2, -0.15) is 0 Å². The molecule has 0 aromatic carbocycles. The number of amides is 1. The second-order valence-electron chi connectivity index (χ2n) is 6.17. The van der Waals surface area contributed by atoms with Gasteiger partial charge in [0.25, 0.3) is 0 Å². The Morgan fingerprint density at radius 2 is 1.86 bits per heavy atom. The zero-order chi connectivity index (χ0) is 15.4. The van der Waals surface area contributed by atoms with Gasteiger partial charge in [-0.05, 0) is 38.2 Å². The van der Waals surface area contributed by atoms with E-state index in [0.29, 0.717) is 0 Å². The van der Waals surface area contributed by atoms with E-state index >= 15 is 0 Å². The van der Waals surface area contributed by atoms with Crippen LogP contribution >= 0.6 is 0 Å². The average molecular weight is 304 g/mol. The van der Waals surface area contributed by atoms with Crippen molar-refractivity contribution < 1.29 is 9.90 Å². The first kappa shape index (κ1) is 15.2. The molecule has 0 spiro atoms. The normalized spacial score (nSPS) is 23.6. The van der Waals surface area contributed by atoms with Gasteiger partial charge in [-0.15, -0.1) is 0 Å². The predicted molar refractivity (Wildman–Crippen MR) is 83.4 cm³/mol. The summed E-state index contributed by atoms with van der Waals surface area (Å²) in [4.78, 5) is 25.3. The highest BCUT2D eigenvalue weighted by atomic mass is 16.3. The first-order chi connectivity index (χ1) is 10.8. The van der Waals surface area contributed by atoms with Crippen molar-refractivity contribution in [2.24, 2.45) is 5.92 Å². The molecule has 1 N–H and O–H groups in total. The molecular weight excluding hydrogens is 280 g/mol. The summed E-state index contributed by atoms with van der Waals surface area (Å²) in [6, 6.07) is 1.84. The van der Waals surface area contributed by atoms with Crippen LogP contribution in [0.1, 0.15) is 32.1 Å². The van der Waals surface area contributed by atoms with Gasteiger partial charge in [-0.3, -0.25) is 4.79 Å². The minimum Gasteiger partial charge on any atom is -0.394 e. The van der Waals surface area contributed by atoms with E-state index < -0.39 is 0 Å². The Bertz CT molecular complexity index is 488. The fourth-order valence-corrected chi connectivity index (χ4v) is 3.50. The van der Waals surface area contributed by atoms with Gasteiger partial charge < -0.3 is 14.9 Å². The van der Waals surface area contributed by atoms with Crippen LogP contribution in [0.3, 0.4) is 0 Å². The van der Waals surface area contributed by atoms with Crippen LogP contribution in [0.15, 0.2) is 18.5 Å². The number of carbonyl (C=O) groups excluding carboxylic acids is 1. The number of hydrogen-bond acceptors (Lipinski definition) is 5. The number of hydrogen-bond donors (Lipinski definition) is 1. The fraction of sp³-hybridized carbons (Fsp3) is 0.688. The number of likely N-dealkylation sites (tertiary alicyclic amines) is 1. The first-order valence-electron chi connectivity index (χ1n) is 8.23. The molecule has 3 heterocycles. The van der Waals surface area contributed by atoms with Gasteiger partial charge in [0.2, 0.25) is 11.9 Å². The minimum atomic E-state index is 0.0248. The van der Waals surface area contributed by atoms with Crippen LogP contribution in [0, 0.1) is 5.92 Å². The standard InChI is InChI=1S/C16H24N4O2/c21-12-14-4-1-2-9-20(14)15(22)13-5-10-19(11-6-13)16-17-7-3-8-18-16/h3,7-8,13-14,21H,1-2,4-6,9-12H2. The molecule has 0 saturated carbocycles. The van der Waals surface area contributed by atoms with Crippen molar-refractivity contribution in [2.45, 2.75) is 38.1 Å². The van der Waals surface area contributed by atoms with Crippen molar-refractivity contribution in [1.82, 2.24) is 14.9 Å². The summed E-state index contributed by atoms with van der Waals surface area (Å²) in [5.74, 6) is 1.05. The summed E-state index contributed by atoms with van der Waals surface area (Å²) in [6.45, 7) is 2.52. The molecule has 2 aliphatic heterocycles. The summed E-state index contributed by atoms with van der Waals surface area (Å²) in [6.07, 6.45) is 8.27. The van der Waals surface area contributed by atoms with Gasteiger partial charge >= 0.3 is 0 Å². The number of aliphatic hydroxyl groups is 1. The number of piperidine rings is 2. The van der Waals surface area contributed by atoms with E-state index in [1.807, 2.05) is 11.0 Å². The lowest BCUT2D eigenvalue weighted by molar-refractivity contribution is -0.141. The monoisotopic (exact) mass is 304 g/mol. The van der Waals surface area contributed by atoms with Crippen molar-refractivity contribution in [1.29, 1.82) is 0 Å². The van der Waals surface area contributed by atoms with E-state index in [-0.39, 0.29) is 24.5 Å². The molecule has 0 bridgehead atoms. The molecule has 1 unspecified atom stereocenters. The Balaban J connectivity index is 1.57. The third-order valence-electron chi connectivity index (χ3n) is 4.80. The maximum absolute atomic E-state index is 12.7. The molecular formula is C16H24N4O2. The molecule has 0 aliphatic carbocycles. The van der Waals surface area contributed by atoms with E-state index in [4.69, 9.17) is 0 Å². The van der Waals surface area contributed by atoms with Crippen LogP contribution in [0.5, 0.6) is 0 Å². The average Bonchev–Trinajstić information content (AvgIpc) is 2.62. The lowest BCUT2D eigenvalue weighted by Gasteiger charge is -2.39. The topological polar surface area (TPSA) is 69.6 Å². The first-order valence-corrected chi connectivity index (χ1v) is 8.23. The quantitative estimate of drug-likeness (QED) is 0.904. The van der Waals surface area contributed by atoms with Crippen molar-refractivity contribution in [3.8, 4) is 0 Å². The Hall–Kier alpha value is -1.69. The third kappa shape index (κ3) is 3.21. The molecule has 6 nitrogen and oxygen atoms in total. The van der Waals surface area contributed by atoms with Crippen molar-refractivity contribution in [2.75, 3.05) is 31.1 Å². The largest absolute Gasteiger partial charge is 0.394 e. The molecule has 0 radical (unpaired) electrons. The smallest absolute Gasteiger partial charge is 0.226 e. The number of rotatable bonds is 3. The van der Waals surface area contributed by atoms with Crippen molar-refractivity contribution in [3.63, 3.8) is 0 Å². The summed E-state index contributed by atoms with van der Waals surface area (Å²) in [5, 5.41) is 9.48. The maximum Gasteiger partial charge on any atom is 0.226 e. The molecule has 2 fully saturated rings. The molecule has 1 aromatic heterocycles. The zero-order valence-electron chi connectivity index (χ0n) is 12.9. The Morgan fingerprint density at radius 3 is 2.55 bits per heavy atom. The summed E-state index contributed by atoms with van der Waals surface area (Å²) >= 11 is 0. The maximum atomic E-state index is 12.7. The number of anilines is 1. The number of nitrogens with zero attached hydrogens (tertiary/aromatic N) is 4. The van der Waals surface area contributed by atoms with Crippen molar-refractivity contribution >= 4 is 11.9 Å². The van der Waals surface area contributed by atoms with Gasteiger partial charge in [-0.1, -0.05) is 0 Å². The predicted octanol–water partition coefficient (Wildman–Crippen LogP) is 1.07. The van der Waals surface area contributed by atoms with Crippen LogP contribution in [0.25, 0.3) is 0 Å². The summed E-state index contributed by atoms with van der Waals surface area (Å²) < 4.78 is 0. The molecule has 2 aliphatic rings. The Morgan fingerprint density at radius 1 is 1.14 bits per heavy atom. The molecule has 6 heteroatoms. The molecule has 120 valence electrons. The lowest BCUT2D eigenvalue weighted by Crippen LogP contribution is -2.50. The second kappa shape index (κ2) is 7.05. The fourth-order valence-electron chi connectivity index (χ4n) is 3.50. The van der Waals surface area contributed by atoms with E-state index in [1.165, 1.54) is 0 Å². The van der Waals surface area contributed by atoms with E-state index in [0.717, 1.165) is 57.7 Å². The van der Waals surface area contributed by atoms with E-state index in [2.05, 4.69) is 14.9 Å². The SMILES string of the molecule is O=C(C1CCN(c2ncccn2)CC1)N1CCCCC1CO. The van der Waals surface area contributed by atoms with Crippen LogP contribution < -0.4 is 4.90 Å². The number of aliphatic hydroxyl groups excluding tert-OH is 1. The highest BCUT2D eigenvalue weighted by Crippen LogP contribution is 2.25. The number of carbonyl (C=O) groups is 1. The Labute approximate surface area is 131 Å². The van der Waals surface area contributed by atoms with Gasteiger partial charge in [0.15, 0.2) is 0 Å². The number of aromatic nitrogens is 2. The van der Waals surface area contributed by atoms with Crippen LogP contribution in [-0.2, 0) is 4.79 Å². The highest BCUT2D eigenvalue weighted by Gasteiger charge is 2.33. The van der Waals surface area contributed by atoms with Gasteiger partial charge in [0.05, 0.1) is 12.6 Å². The third-order valence-corrected chi connectivity index (χ3v) is 4.80. The zero-order valence-corrected chi connectivity index (χ0v) is 12.9. The van der Waals surface area contributed by atoms with Gasteiger partial charge in [0.1, 0.15) is 0 Å². The van der Waals surface area contributed by atoms with Crippen LogP contribution in [0.2, 0.25) is 0 Å². The lowest BCUT2D eigenvalue weighted by atomic mass is 9.93. The molecule has 1 amide bonds. The van der Waals surface area contributed by atoms with Crippen LogP contribution in [0.4, 0.5) is 5.95 Å². The van der Waals surface area contributed by atoms with Crippen LogP contribution in [-0.4, -0.2) is 58.2 Å². The van der Waals surface area contributed by atoms with E-state index in [9.17, 15) is 9.90 Å². The molecule has 1 aromatic rings. The van der Waals surface area contributed by atoms with E-state index in [1.54, 1.807) is 12.4 Å². The molecule has 3 rings (SSSR count). The molecule has 2 saturated heterocycles. The van der Waals surface area contributed by atoms with Gasteiger partial charge in [0, 0.05) is 37.9 Å². The van der Waals surface area contributed by atoms with Gasteiger partial charge in [-0.25, -0.2) is 9.97 Å². The summed E-state index contributed by atoms with van der Waals surface area (Å²) in [5.41, 5.74) is 0. The second-order valence-corrected chi connectivity index (χ2v) is 6.17. The van der Waals surface area contributed by atoms with Crippen molar-refractivity contribution in [3.05, 3.63) is 18.5 Å². The molecule has 22 heavy (non-hydrogen) atoms. The minimum absolute atomic E-state index is 0.0248. The highest BCUT2D eigenvalue weighted by molar-refractivity contribution is 5.79. The summed E-state index contributed by atoms with van der Waals surface area (Å²) in [7, 11) is 0. The molecule has 1 atom stereocenters. The Kier molecular flexibility index (Phi) is 4.87.